The first-order valence-corrected chi connectivity index (χ1v) is 6.40. The molecule has 2 unspecified atom stereocenters. The van der Waals surface area contributed by atoms with Crippen LogP contribution in [0.2, 0.25) is 5.54 Å². The molecular weight excluding hydrogens is 200 g/mol. The van der Waals surface area contributed by atoms with Crippen molar-refractivity contribution in [2.24, 2.45) is 5.92 Å². The number of esters is 2. The van der Waals surface area contributed by atoms with Crippen LogP contribution in [0.4, 0.5) is 0 Å². The van der Waals surface area contributed by atoms with Gasteiger partial charge in [0, 0.05) is 6.61 Å². The number of ether oxygens (including phenoxy) is 1. The Kier molecular flexibility index (Phi) is 4.28. The number of carbonyl (C=O) groups is 2. The molecule has 0 saturated carbocycles. The Balaban J connectivity index is 2.51. The molecule has 1 aliphatic heterocycles. The van der Waals surface area contributed by atoms with Gasteiger partial charge in [0.15, 0.2) is 9.76 Å². The van der Waals surface area contributed by atoms with Crippen LogP contribution >= 0.6 is 0 Å². The Labute approximate surface area is 85.9 Å². The van der Waals surface area contributed by atoms with Gasteiger partial charge in [0.2, 0.25) is 0 Å². The van der Waals surface area contributed by atoms with Gasteiger partial charge in [0.25, 0.3) is 0 Å². The van der Waals surface area contributed by atoms with E-state index in [-0.39, 0.29) is 29.8 Å². The molecule has 5 heteroatoms. The Morgan fingerprint density at radius 3 is 2.71 bits per heavy atom. The smallest absolute Gasteiger partial charge is 0.317 e. The van der Waals surface area contributed by atoms with Crippen molar-refractivity contribution in [1.82, 2.24) is 0 Å². The first-order valence-electron chi connectivity index (χ1n) is 5.01. The van der Waals surface area contributed by atoms with Gasteiger partial charge < -0.3 is 9.16 Å². The molecular formula is C9H16O4Si. The van der Waals surface area contributed by atoms with E-state index in [9.17, 15) is 9.59 Å². The van der Waals surface area contributed by atoms with Gasteiger partial charge >= 0.3 is 11.9 Å². The Morgan fingerprint density at radius 1 is 1.57 bits per heavy atom. The molecule has 0 aromatic carbocycles. The lowest BCUT2D eigenvalue weighted by molar-refractivity contribution is -0.153. The van der Waals surface area contributed by atoms with Crippen molar-refractivity contribution in [3.05, 3.63) is 0 Å². The van der Waals surface area contributed by atoms with E-state index < -0.39 is 9.76 Å². The fourth-order valence-corrected chi connectivity index (χ4v) is 3.00. The number of hydrogen-bond donors (Lipinski definition) is 0. The van der Waals surface area contributed by atoms with E-state index in [4.69, 9.17) is 4.43 Å². The molecule has 0 spiro atoms. The highest BCUT2D eigenvalue weighted by Gasteiger charge is 2.38. The lowest BCUT2D eigenvalue weighted by atomic mass is 10.0. The van der Waals surface area contributed by atoms with Crippen LogP contribution in [-0.4, -0.2) is 28.3 Å². The summed E-state index contributed by atoms with van der Waals surface area (Å²) in [4.78, 5) is 22.2. The average molecular weight is 216 g/mol. The van der Waals surface area contributed by atoms with Crippen LogP contribution in [0.15, 0.2) is 0 Å². The van der Waals surface area contributed by atoms with Gasteiger partial charge in [-0.25, -0.2) is 0 Å². The summed E-state index contributed by atoms with van der Waals surface area (Å²) in [7, 11) is -0.712. The van der Waals surface area contributed by atoms with Crippen LogP contribution in [0.5, 0.6) is 0 Å². The maximum atomic E-state index is 11.3. The molecule has 0 N–H and O–H groups in total. The molecule has 0 bridgehead atoms. The van der Waals surface area contributed by atoms with Crippen LogP contribution in [-0.2, 0) is 18.8 Å². The molecule has 1 rings (SSSR count). The van der Waals surface area contributed by atoms with Crippen molar-refractivity contribution in [2.75, 3.05) is 6.61 Å². The maximum Gasteiger partial charge on any atom is 0.317 e. The second-order valence-electron chi connectivity index (χ2n) is 3.43. The zero-order valence-corrected chi connectivity index (χ0v) is 10.0. The van der Waals surface area contributed by atoms with E-state index in [1.807, 2.05) is 13.8 Å². The number of carbonyl (C=O) groups excluding carboxylic acids is 2. The minimum atomic E-state index is -0.712. The third-order valence-corrected chi connectivity index (χ3v) is 4.75. The van der Waals surface area contributed by atoms with Crippen LogP contribution in [0.1, 0.15) is 26.7 Å². The van der Waals surface area contributed by atoms with Gasteiger partial charge in [-0.05, 0) is 12.5 Å². The summed E-state index contributed by atoms with van der Waals surface area (Å²) in [6, 6.07) is 0. The normalized spacial score (nSPS) is 24.6. The van der Waals surface area contributed by atoms with Gasteiger partial charge in [-0.1, -0.05) is 13.3 Å². The lowest BCUT2D eigenvalue weighted by Gasteiger charge is -2.16. The van der Waals surface area contributed by atoms with Gasteiger partial charge in [0.1, 0.15) is 0 Å². The topological polar surface area (TPSA) is 52.6 Å². The predicted molar refractivity (Wildman–Crippen MR) is 53.4 cm³/mol. The minimum absolute atomic E-state index is 0.231. The summed E-state index contributed by atoms with van der Waals surface area (Å²) in [5, 5.41) is 0. The summed E-state index contributed by atoms with van der Waals surface area (Å²) in [6.07, 6.45) is 1.14. The fraction of sp³-hybridized carbons (Fsp3) is 0.778. The summed E-state index contributed by atoms with van der Waals surface area (Å²) in [5.41, 5.74) is 0.244. The summed E-state index contributed by atoms with van der Waals surface area (Å²) >= 11 is 0. The number of cyclic esters (lactones) is 2. The highest BCUT2D eigenvalue weighted by molar-refractivity contribution is 6.30. The summed E-state index contributed by atoms with van der Waals surface area (Å²) in [6.45, 7) is 4.66. The molecule has 0 radical (unpaired) electrons. The predicted octanol–water partition coefficient (Wildman–Crippen LogP) is 0.395. The second kappa shape index (κ2) is 5.26. The quantitative estimate of drug-likeness (QED) is 0.379. The second-order valence-corrected chi connectivity index (χ2v) is 5.22. The average Bonchev–Trinajstić information content (AvgIpc) is 2.47. The first kappa shape index (κ1) is 11.4. The molecule has 14 heavy (non-hydrogen) atoms. The van der Waals surface area contributed by atoms with Gasteiger partial charge in [0.05, 0.1) is 12.3 Å². The zero-order valence-electron chi connectivity index (χ0n) is 8.62. The van der Waals surface area contributed by atoms with Gasteiger partial charge in [-0.3, -0.25) is 9.59 Å². The third-order valence-electron chi connectivity index (χ3n) is 2.53. The van der Waals surface area contributed by atoms with Crippen LogP contribution in [0.25, 0.3) is 0 Å². The summed E-state index contributed by atoms with van der Waals surface area (Å²) < 4.78 is 9.93. The van der Waals surface area contributed by atoms with E-state index in [0.717, 1.165) is 6.42 Å². The molecule has 1 fully saturated rings. The molecule has 4 nitrogen and oxygen atoms in total. The van der Waals surface area contributed by atoms with Crippen molar-refractivity contribution in [2.45, 2.75) is 32.2 Å². The fourth-order valence-electron chi connectivity index (χ4n) is 1.64. The van der Waals surface area contributed by atoms with E-state index in [1.165, 1.54) is 0 Å². The van der Waals surface area contributed by atoms with Crippen LogP contribution in [0.3, 0.4) is 0 Å². The minimum Gasteiger partial charge on any atom is -0.424 e. The van der Waals surface area contributed by atoms with Crippen LogP contribution in [0, 0.1) is 5.92 Å². The standard InChI is InChI=1S/C9H16O4Si/c1-3-7(14-12-4-2)6-5-8(10)13-9(6)11/h6-7H,3-5,14H2,1-2H3. The third kappa shape index (κ3) is 2.65. The number of hydrogen-bond acceptors (Lipinski definition) is 4. The maximum absolute atomic E-state index is 11.3. The molecule has 1 saturated heterocycles. The van der Waals surface area contributed by atoms with E-state index in [1.54, 1.807) is 0 Å². The molecule has 0 aliphatic carbocycles. The van der Waals surface area contributed by atoms with Crippen molar-refractivity contribution in [3.63, 3.8) is 0 Å². The highest BCUT2D eigenvalue weighted by Crippen LogP contribution is 2.30. The molecule has 2 atom stereocenters. The number of rotatable bonds is 5. The van der Waals surface area contributed by atoms with Crippen molar-refractivity contribution in [3.8, 4) is 0 Å². The molecule has 1 aliphatic rings. The van der Waals surface area contributed by atoms with E-state index >= 15 is 0 Å². The Hall–Kier alpha value is -0.683. The zero-order chi connectivity index (χ0) is 10.6. The Bertz CT molecular complexity index is 229. The van der Waals surface area contributed by atoms with Gasteiger partial charge in [-0.2, -0.15) is 0 Å². The van der Waals surface area contributed by atoms with Crippen molar-refractivity contribution < 1.29 is 18.8 Å². The van der Waals surface area contributed by atoms with Gasteiger partial charge in [-0.15, -0.1) is 0 Å². The largest absolute Gasteiger partial charge is 0.424 e. The molecule has 0 aromatic heterocycles. The molecule has 0 amide bonds. The van der Waals surface area contributed by atoms with Crippen LogP contribution < -0.4 is 0 Å². The first-order chi connectivity index (χ1) is 6.69. The molecule has 1 heterocycles. The van der Waals surface area contributed by atoms with Crippen molar-refractivity contribution >= 4 is 21.7 Å². The van der Waals surface area contributed by atoms with Crippen molar-refractivity contribution in [1.29, 1.82) is 0 Å². The van der Waals surface area contributed by atoms with E-state index in [0.29, 0.717) is 6.61 Å². The molecule has 80 valence electrons. The monoisotopic (exact) mass is 216 g/mol. The summed E-state index contributed by atoms with van der Waals surface area (Å²) in [5.74, 6) is -0.969. The van der Waals surface area contributed by atoms with E-state index in [2.05, 4.69) is 4.74 Å². The molecule has 0 aromatic rings. The SMILES string of the molecule is CCO[SiH2]C(CC)C1CC(=O)OC1=O. The Morgan fingerprint density at radius 2 is 2.29 bits per heavy atom. The lowest BCUT2D eigenvalue weighted by Crippen LogP contribution is -2.21. The highest BCUT2D eigenvalue weighted by atomic mass is 28.2.